The molecule has 2 aromatic carbocycles. The van der Waals surface area contributed by atoms with E-state index >= 15 is 0 Å². The first kappa shape index (κ1) is 18.6. The van der Waals surface area contributed by atoms with Gasteiger partial charge in [0.05, 0.1) is 11.6 Å². The third kappa shape index (κ3) is 4.92. The molecule has 2 N–H and O–H groups in total. The zero-order valence-corrected chi connectivity index (χ0v) is 14.9. The normalized spacial score (nSPS) is 11.6. The molecule has 0 radical (unpaired) electrons. The molecule has 3 rings (SSSR count). The number of thiophene rings is 1. The van der Waals surface area contributed by atoms with E-state index in [2.05, 4.69) is 5.32 Å². The summed E-state index contributed by atoms with van der Waals surface area (Å²) in [5.74, 6) is -1.64. The molecule has 1 atom stereocenters. The first-order valence-electron chi connectivity index (χ1n) is 8.07. The van der Waals surface area contributed by atoms with Crippen LogP contribution in [0.15, 0.2) is 66.0 Å². The highest BCUT2D eigenvalue weighted by Gasteiger charge is 2.19. The Kier molecular flexibility index (Phi) is 5.83. The summed E-state index contributed by atoms with van der Waals surface area (Å²) in [7, 11) is 0. The quantitative estimate of drug-likeness (QED) is 0.635. The molecule has 0 saturated carbocycles. The fourth-order valence-corrected chi connectivity index (χ4v) is 3.28. The van der Waals surface area contributed by atoms with Crippen molar-refractivity contribution in [2.45, 2.75) is 6.04 Å². The van der Waals surface area contributed by atoms with Gasteiger partial charge in [0, 0.05) is 4.88 Å². The van der Waals surface area contributed by atoms with Crippen molar-refractivity contribution in [3.63, 3.8) is 0 Å². The molecular weight excluding hydrogens is 369 g/mol. The van der Waals surface area contributed by atoms with Crippen LogP contribution in [0.2, 0.25) is 0 Å². The van der Waals surface area contributed by atoms with Crippen molar-refractivity contribution in [2.75, 3.05) is 6.61 Å². The van der Waals surface area contributed by atoms with Crippen molar-refractivity contribution in [3.8, 4) is 5.75 Å². The number of amides is 1. The third-order valence-corrected chi connectivity index (χ3v) is 4.69. The maximum Gasteiger partial charge on any atom is 0.338 e. The van der Waals surface area contributed by atoms with Crippen LogP contribution >= 0.6 is 11.3 Å². The number of hydrogen-bond donors (Lipinski definition) is 2. The molecule has 0 aliphatic carbocycles. The first-order chi connectivity index (χ1) is 13.0. The number of benzene rings is 2. The van der Waals surface area contributed by atoms with Crippen LogP contribution in [0.4, 0.5) is 4.39 Å². The number of aromatic hydroxyl groups is 1. The van der Waals surface area contributed by atoms with Gasteiger partial charge in [-0.2, -0.15) is 0 Å². The number of carbonyl (C=O) groups excluding carboxylic acids is 2. The van der Waals surface area contributed by atoms with Gasteiger partial charge in [-0.05, 0) is 47.3 Å². The van der Waals surface area contributed by atoms with Gasteiger partial charge in [-0.25, -0.2) is 9.18 Å². The monoisotopic (exact) mass is 385 g/mol. The first-order valence-corrected chi connectivity index (χ1v) is 8.95. The summed E-state index contributed by atoms with van der Waals surface area (Å²) in [6.07, 6.45) is 0. The van der Waals surface area contributed by atoms with E-state index in [1.54, 1.807) is 12.1 Å². The summed E-state index contributed by atoms with van der Waals surface area (Å²) in [5.41, 5.74) is 0.864. The summed E-state index contributed by atoms with van der Waals surface area (Å²) < 4.78 is 18.2. The molecule has 0 unspecified atom stereocenters. The predicted molar refractivity (Wildman–Crippen MR) is 99.1 cm³/mol. The van der Waals surface area contributed by atoms with Gasteiger partial charge in [0.2, 0.25) is 0 Å². The second-order valence-corrected chi connectivity index (χ2v) is 6.67. The Bertz CT molecular complexity index is 925. The molecule has 1 amide bonds. The standard InChI is InChI=1S/C20H16FNO4S/c21-15-8-6-13(7-9-15)19(17-5-2-10-27-17)22-18(24)12-26-20(25)14-3-1-4-16(23)11-14/h1-11,19,23H,12H2,(H,22,24)/t19-/m1/s1. The van der Waals surface area contributed by atoms with Gasteiger partial charge >= 0.3 is 5.97 Å². The van der Waals surface area contributed by atoms with Crippen molar-refractivity contribution in [2.24, 2.45) is 0 Å². The smallest absolute Gasteiger partial charge is 0.338 e. The van der Waals surface area contributed by atoms with E-state index in [0.717, 1.165) is 4.88 Å². The lowest BCUT2D eigenvalue weighted by atomic mass is 10.1. The SMILES string of the molecule is O=C(COC(=O)c1cccc(O)c1)N[C@H](c1ccc(F)cc1)c1cccs1. The average molecular weight is 385 g/mol. The minimum Gasteiger partial charge on any atom is -0.508 e. The predicted octanol–water partition coefficient (Wildman–Crippen LogP) is 3.66. The summed E-state index contributed by atoms with van der Waals surface area (Å²) in [4.78, 5) is 25.1. The third-order valence-electron chi connectivity index (χ3n) is 3.75. The van der Waals surface area contributed by atoms with Crippen molar-refractivity contribution < 1.29 is 23.8 Å². The Morgan fingerprint density at radius 2 is 1.89 bits per heavy atom. The Balaban J connectivity index is 1.66. The van der Waals surface area contributed by atoms with Crippen molar-refractivity contribution in [3.05, 3.63) is 87.9 Å². The number of phenols is 1. The molecule has 0 aliphatic rings. The second kappa shape index (κ2) is 8.46. The minimum absolute atomic E-state index is 0.0667. The van der Waals surface area contributed by atoms with Crippen LogP contribution in [0.1, 0.15) is 26.8 Å². The number of esters is 1. The highest BCUT2D eigenvalue weighted by Crippen LogP contribution is 2.26. The van der Waals surface area contributed by atoms with Gasteiger partial charge in [0.25, 0.3) is 5.91 Å². The van der Waals surface area contributed by atoms with Gasteiger partial charge in [0.15, 0.2) is 6.61 Å². The average Bonchev–Trinajstić information content (AvgIpc) is 3.19. The molecule has 138 valence electrons. The highest BCUT2D eigenvalue weighted by atomic mass is 32.1. The van der Waals surface area contributed by atoms with Crippen LogP contribution in [0.5, 0.6) is 5.75 Å². The molecule has 7 heteroatoms. The van der Waals surface area contributed by atoms with Gasteiger partial charge < -0.3 is 15.2 Å². The molecule has 0 fully saturated rings. The molecule has 0 saturated heterocycles. The number of halogens is 1. The minimum atomic E-state index is -0.712. The van der Waals surface area contributed by atoms with Crippen molar-refractivity contribution in [1.29, 1.82) is 0 Å². The van der Waals surface area contributed by atoms with Crippen LogP contribution in [0, 0.1) is 5.82 Å². The van der Waals surface area contributed by atoms with Crippen molar-refractivity contribution >= 4 is 23.2 Å². The van der Waals surface area contributed by atoms with Gasteiger partial charge in [-0.3, -0.25) is 4.79 Å². The lowest BCUT2D eigenvalue weighted by Crippen LogP contribution is -2.32. The van der Waals surface area contributed by atoms with E-state index in [-0.39, 0.29) is 17.1 Å². The van der Waals surface area contributed by atoms with E-state index in [4.69, 9.17) is 4.74 Å². The zero-order chi connectivity index (χ0) is 19.2. The maximum absolute atomic E-state index is 13.2. The molecule has 0 bridgehead atoms. The van der Waals surface area contributed by atoms with E-state index in [9.17, 15) is 19.1 Å². The zero-order valence-electron chi connectivity index (χ0n) is 14.1. The van der Waals surface area contributed by atoms with E-state index in [1.165, 1.54) is 47.7 Å². The maximum atomic E-state index is 13.2. The topological polar surface area (TPSA) is 75.6 Å². The molecule has 0 spiro atoms. The van der Waals surface area contributed by atoms with Crippen LogP contribution in [-0.2, 0) is 9.53 Å². The summed E-state index contributed by atoms with van der Waals surface area (Å²) in [6.45, 7) is -0.475. The number of ether oxygens (including phenoxy) is 1. The molecule has 5 nitrogen and oxygen atoms in total. The number of carbonyl (C=O) groups is 2. The Hall–Kier alpha value is -3.19. The fraction of sp³-hybridized carbons (Fsp3) is 0.100. The second-order valence-electron chi connectivity index (χ2n) is 5.69. The molecular formula is C20H16FNO4S. The molecule has 1 heterocycles. The van der Waals surface area contributed by atoms with Gasteiger partial charge in [-0.1, -0.05) is 24.3 Å². The number of rotatable bonds is 6. The van der Waals surface area contributed by atoms with Crippen molar-refractivity contribution in [1.82, 2.24) is 5.32 Å². The lowest BCUT2D eigenvalue weighted by molar-refractivity contribution is -0.124. The Morgan fingerprint density at radius 3 is 2.56 bits per heavy atom. The van der Waals surface area contributed by atoms with E-state index in [0.29, 0.717) is 5.56 Å². The lowest BCUT2D eigenvalue weighted by Gasteiger charge is -2.18. The molecule has 3 aromatic rings. The highest BCUT2D eigenvalue weighted by molar-refractivity contribution is 7.10. The van der Waals surface area contributed by atoms with Crippen LogP contribution in [0.25, 0.3) is 0 Å². The summed E-state index contributed by atoms with van der Waals surface area (Å²) in [6, 6.07) is 14.7. The fourth-order valence-electron chi connectivity index (χ4n) is 2.48. The van der Waals surface area contributed by atoms with Crippen LogP contribution in [0.3, 0.4) is 0 Å². The van der Waals surface area contributed by atoms with E-state index in [1.807, 2.05) is 17.5 Å². The van der Waals surface area contributed by atoms with Crippen LogP contribution < -0.4 is 5.32 Å². The summed E-state index contributed by atoms with van der Waals surface area (Å²) in [5, 5.41) is 14.1. The number of hydrogen-bond acceptors (Lipinski definition) is 5. The van der Waals surface area contributed by atoms with Gasteiger partial charge in [-0.15, -0.1) is 11.3 Å². The van der Waals surface area contributed by atoms with Gasteiger partial charge in [0.1, 0.15) is 11.6 Å². The molecule has 1 aromatic heterocycles. The Labute approximate surface area is 159 Å². The van der Waals surface area contributed by atoms with Crippen LogP contribution in [-0.4, -0.2) is 23.6 Å². The molecule has 27 heavy (non-hydrogen) atoms. The van der Waals surface area contributed by atoms with E-state index < -0.39 is 24.5 Å². The number of phenolic OH excluding ortho intramolecular Hbond substituents is 1. The largest absolute Gasteiger partial charge is 0.508 e. The molecule has 0 aliphatic heterocycles. The Morgan fingerprint density at radius 1 is 1.11 bits per heavy atom. The number of nitrogens with one attached hydrogen (secondary N) is 1. The summed E-state index contributed by atoms with van der Waals surface area (Å²) >= 11 is 1.45.